The van der Waals surface area contributed by atoms with Crippen LogP contribution in [0.25, 0.3) is 11.5 Å². The van der Waals surface area contributed by atoms with Crippen molar-refractivity contribution in [1.29, 1.82) is 0 Å². The summed E-state index contributed by atoms with van der Waals surface area (Å²) in [5.74, 6) is 0.445. The first-order valence-corrected chi connectivity index (χ1v) is 7.63. The second-order valence-corrected chi connectivity index (χ2v) is 5.42. The van der Waals surface area contributed by atoms with Crippen LogP contribution >= 0.6 is 0 Å². The fraction of sp³-hybridized carbons (Fsp3) is 0.167. The molecular weight excluding hydrogens is 325 g/mol. The Hall–Kier alpha value is -3.22. The average molecular weight is 341 g/mol. The molecule has 0 atom stereocenters. The number of aryl methyl sites for hydroxylation is 1. The van der Waals surface area contributed by atoms with Crippen molar-refractivity contribution >= 4 is 5.91 Å². The zero-order valence-corrected chi connectivity index (χ0v) is 13.5. The molecule has 0 aliphatic carbocycles. The largest absolute Gasteiger partial charge is 0.484 e. The molecule has 1 N–H and O–H groups in total. The topological polar surface area (TPSA) is 77.2 Å². The van der Waals surface area contributed by atoms with E-state index in [-0.39, 0.29) is 18.3 Å². The number of aromatic nitrogens is 2. The predicted molar refractivity (Wildman–Crippen MR) is 88.2 cm³/mol. The lowest BCUT2D eigenvalue weighted by atomic mass is 10.1. The van der Waals surface area contributed by atoms with E-state index in [9.17, 15) is 9.18 Å². The molecule has 0 aliphatic rings. The minimum Gasteiger partial charge on any atom is -0.484 e. The van der Waals surface area contributed by atoms with E-state index in [1.807, 2.05) is 0 Å². The molecule has 3 aromatic rings. The number of nitrogens with one attached hydrogen (secondary N) is 1. The molecule has 3 rings (SSSR count). The fourth-order valence-electron chi connectivity index (χ4n) is 2.21. The van der Waals surface area contributed by atoms with E-state index in [0.29, 0.717) is 23.7 Å². The molecule has 1 amide bonds. The van der Waals surface area contributed by atoms with Gasteiger partial charge in [0.15, 0.2) is 6.61 Å². The first kappa shape index (κ1) is 16.6. The minimum atomic E-state index is -0.262. The van der Waals surface area contributed by atoms with Crippen molar-refractivity contribution in [2.75, 3.05) is 6.61 Å². The van der Waals surface area contributed by atoms with Crippen LogP contribution in [0.15, 0.2) is 53.3 Å². The summed E-state index contributed by atoms with van der Waals surface area (Å²) in [6.45, 7) is 1.89. The van der Waals surface area contributed by atoms with Crippen molar-refractivity contribution in [2.24, 2.45) is 0 Å². The smallest absolute Gasteiger partial charge is 0.258 e. The maximum absolute atomic E-state index is 13.2. The van der Waals surface area contributed by atoms with E-state index >= 15 is 0 Å². The quantitative estimate of drug-likeness (QED) is 0.746. The Morgan fingerprint density at radius 1 is 1.24 bits per heavy atom. The van der Waals surface area contributed by atoms with Crippen LogP contribution in [0.1, 0.15) is 11.1 Å². The Bertz CT molecular complexity index is 849. The van der Waals surface area contributed by atoms with Gasteiger partial charge in [-0.25, -0.2) is 4.39 Å². The number of nitrogens with zero attached hydrogens (tertiary/aromatic N) is 2. The number of amides is 1. The van der Waals surface area contributed by atoms with E-state index in [2.05, 4.69) is 15.5 Å². The summed E-state index contributed by atoms with van der Waals surface area (Å²) in [5, 5.41) is 10.2. The molecule has 6 nitrogen and oxygen atoms in total. The predicted octanol–water partition coefficient (Wildman–Crippen LogP) is 2.88. The number of hydrogen-bond acceptors (Lipinski definition) is 5. The molecule has 0 saturated carbocycles. The van der Waals surface area contributed by atoms with E-state index in [0.717, 1.165) is 11.1 Å². The normalized spacial score (nSPS) is 10.5. The van der Waals surface area contributed by atoms with E-state index < -0.39 is 0 Å². The van der Waals surface area contributed by atoms with Crippen molar-refractivity contribution in [3.05, 3.63) is 65.8 Å². The summed E-state index contributed by atoms with van der Waals surface area (Å²) < 4.78 is 23.7. The summed E-state index contributed by atoms with van der Waals surface area (Å²) in [5.41, 5.74) is 2.14. The summed E-state index contributed by atoms with van der Waals surface area (Å²) in [7, 11) is 0. The molecule has 7 heteroatoms. The van der Waals surface area contributed by atoms with Gasteiger partial charge in [-0.2, -0.15) is 0 Å². The molecular formula is C18H16FN3O3. The van der Waals surface area contributed by atoms with Crippen LogP contribution in [-0.2, 0) is 11.3 Å². The Morgan fingerprint density at radius 2 is 2.04 bits per heavy atom. The van der Waals surface area contributed by atoms with E-state index in [1.54, 1.807) is 43.3 Å². The van der Waals surface area contributed by atoms with Gasteiger partial charge in [-0.3, -0.25) is 4.79 Å². The maximum Gasteiger partial charge on any atom is 0.258 e. The first-order chi connectivity index (χ1) is 12.1. The average Bonchev–Trinajstić information content (AvgIpc) is 3.16. The van der Waals surface area contributed by atoms with Gasteiger partial charge in [-0.15, -0.1) is 10.2 Å². The molecule has 0 fully saturated rings. The number of benzene rings is 2. The summed E-state index contributed by atoms with van der Waals surface area (Å²) in [6, 6.07) is 11.7. The van der Waals surface area contributed by atoms with Gasteiger partial charge < -0.3 is 14.5 Å². The van der Waals surface area contributed by atoms with E-state index in [1.165, 1.54) is 12.5 Å². The van der Waals surface area contributed by atoms with Gasteiger partial charge in [0.1, 0.15) is 11.6 Å². The highest BCUT2D eigenvalue weighted by atomic mass is 19.1. The van der Waals surface area contributed by atoms with Gasteiger partial charge in [0.25, 0.3) is 5.91 Å². The minimum absolute atomic E-state index is 0.111. The molecule has 128 valence electrons. The lowest BCUT2D eigenvalue weighted by Crippen LogP contribution is -2.28. The molecule has 1 aromatic heterocycles. The van der Waals surface area contributed by atoms with Crippen molar-refractivity contribution in [1.82, 2.24) is 15.5 Å². The molecule has 0 bridgehead atoms. The molecule has 0 aliphatic heterocycles. The van der Waals surface area contributed by atoms with Crippen LogP contribution in [0, 0.1) is 12.7 Å². The van der Waals surface area contributed by atoms with Crippen LogP contribution < -0.4 is 10.1 Å². The first-order valence-electron chi connectivity index (χ1n) is 7.63. The van der Waals surface area contributed by atoms with Crippen LogP contribution in [0.3, 0.4) is 0 Å². The number of carbonyl (C=O) groups excluding carboxylic acids is 1. The Kier molecular flexibility index (Phi) is 5.03. The van der Waals surface area contributed by atoms with Gasteiger partial charge >= 0.3 is 0 Å². The van der Waals surface area contributed by atoms with Gasteiger partial charge in [-0.1, -0.05) is 12.1 Å². The third-order valence-corrected chi connectivity index (χ3v) is 3.54. The van der Waals surface area contributed by atoms with Crippen molar-refractivity contribution in [3.63, 3.8) is 0 Å². The van der Waals surface area contributed by atoms with Gasteiger partial charge in [0.05, 0.1) is 0 Å². The van der Waals surface area contributed by atoms with E-state index in [4.69, 9.17) is 9.15 Å². The zero-order valence-electron chi connectivity index (χ0n) is 13.5. The Labute approximate surface area is 143 Å². The summed E-state index contributed by atoms with van der Waals surface area (Å²) >= 11 is 0. The Balaban J connectivity index is 1.48. The highest BCUT2D eigenvalue weighted by molar-refractivity contribution is 5.77. The monoisotopic (exact) mass is 341 g/mol. The highest BCUT2D eigenvalue weighted by Crippen LogP contribution is 2.20. The molecule has 2 aromatic carbocycles. The zero-order chi connectivity index (χ0) is 17.6. The third kappa shape index (κ3) is 4.41. The van der Waals surface area contributed by atoms with Crippen LogP contribution in [0.4, 0.5) is 4.39 Å². The molecule has 25 heavy (non-hydrogen) atoms. The number of halogens is 1. The molecule has 0 saturated heterocycles. The van der Waals surface area contributed by atoms with Crippen LogP contribution in [0.5, 0.6) is 5.75 Å². The number of ether oxygens (including phenoxy) is 1. The second kappa shape index (κ2) is 7.57. The van der Waals surface area contributed by atoms with Crippen LogP contribution in [-0.4, -0.2) is 22.7 Å². The Morgan fingerprint density at radius 3 is 2.72 bits per heavy atom. The molecule has 0 radical (unpaired) electrons. The summed E-state index contributed by atoms with van der Waals surface area (Å²) in [6.07, 6.45) is 1.26. The van der Waals surface area contributed by atoms with Crippen LogP contribution in [0.2, 0.25) is 0 Å². The van der Waals surface area contributed by atoms with Crippen molar-refractivity contribution < 1.29 is 18.3 Å². The highest BCUT2D eigenvalue weighted by Gasteiger charge is 2.06. The van der Waals surface area contributed by atoms with Crippen molar-refractivity contribution in [3.8, 4) is 17.2 Å². The third-order valence-electron chi connectivity index (χ3n) is 3.54. The van der Waals surface area contributed by atoms with Gasteiger partial charge in [0.2, 0.25) is 12.3 Å². The standard InChI is InChI=1S/C18H16FN3O3/c1-12-8-13(2-7-16(12)19)9-20-17(23)10-24-15-5-3-14(4-6-15)18-22-21-11-25-18/h2-8,11H,9-10H2,1H3,(H,20,23). The maximum atomic E-state index is 13.2. The van der Waals surface area contributed by atoms with Gasteiger partial charge in [0, 0.05) is 12.1 Å². The fourth-order valence-corrected chi connectivity index (χ4v) is 2.21. The lowest BCUT2D eigenvalue weighted by Gasteiger charge is -2.08. The lowest BCUT2D eigenvalue weighted by molar-refractivity contribution is -0.123. The SMILES string of the molecule is Cc1cc(CNC(=O)COc2ccc(-c3nnco3)cc2)ccc1F. The summed E-state index contributed by atoms with van der Waals surface area (Å²) in [4.78, 5) is 11.9. The van der Waals surface area contributed by atoms with Gasteiger partial charge in [-0.05, 0) is 48.4 Å². The number of carbonyl (C=O) groups is 1. The number of rotatable bonds is 6. The molecule has 0 spiro atoms. The second-order valence-electron chi connectivity index (χ2n) is 5.42. The number of hydrogen-bond donors (Lipinski definition) is 1. The molecule has 1 heterocycles. The molecule has 0 unspecified atom stereocenters. The van der Waals surface area contributed by atoms with Crippen molar-refractivity contribution in [2.45, 2.75) is 13.5 Å².